The van der Waals surface area contributed by atoms with Gasteiger partial charge in [-0.2, -0.15) is 0 Å². The summed E-state index contributed by atoms with van der Waals surface area (Å²) in [4.78, 5) is 30.4. The Bertz CT molecular complexity index is 962. The van der Waals surface area contributed by atoms with Crippen LogP contribution < -0.4 is 4.90 Å². The minimum atomic E-state index is -0.381. The Morgan fingerprint density at radius 1 is 1.10 bits per heavy atom. The number of hydrogen-bond donors (Lipinski definition) is 0. The van der Waals surface area contributed by atoms with Crippen molar-refractivity contribution in [2.75, 3.05) is 23.5 Å². The van der Waals surface area contributed by atoms with Gasteiger partial charge in [0.15, 0.2) is 5.13 Å². The molecule has 2 aromatic carbocycles. The van der Waals surface area contributed by atoms with Crippen molar-refractivity contribution in [2.24, 2.45) is 0 Å². The molecule has 0 unspecified atom stereocenters. The largest absolute Gasteiger partial charge is 0.468 e. The number of thiazole rings is 1. The minimum absolute atomic E-state index is 0.0970. The van der Waals surface area contributed by atoms with Crippen LogP contribution in [0.2, 0.25) is 0 Å². The van der Waals surface area contributed by atoms with Crippen molar-refractivity contribution in [3.05, 3.63) is 71.4 Å². The molecular formula is C21H19FN2O3S2. The van der Waals surface area contributed by atoms with E-state index in [2.05, 4.69) is 9.72 Å². The molecule has 5 nitrogen and oxygen atoms in total. The van der Waals surface area contributed by atoms with Gasteiger partial charge in [-0.25, -0.2) is 9.37 Å². The molecule has 0 bridgehead atoms. The van der Waals surface area contributed by atoms with Crippen molar-refractivity contribution < 1.29 is 18.7 Å². The fourth-order valence-corrected chi connectivity index (χ4v) is 4.09. The Labute approximate surface area is 176 Å². The van der Waals surface area contributed by atoms with Gasteiger partial charge in [0.05, 0.1) is 30.9 Å². The molecule has 1 amide bonds. The molecule has 0 saturated heterocycles. The predicted molar refractivity (Wildman–Crippen MR) is 114 cm³/mol. The van der Waals surface area contributed by atoms with Gasteiger partial charge in [0.2, 0.25) is 5.91 Å². The summed E-state index contributed by atoms with van der Waals surface area (Å²) in [5.74, 6) is -0.692. The van der Waals surface area contributed by atoms with Gasteiger partial charge in [-0.15, -0.1) is 23.1 Å². The van der Waals surface area contributed by atoms with E-state index in [1.54, 1.807) is 17.0 Å². The van der Waals surface area contributed by atoms with Gasteiger partial charge in [-0.3, -0.25) is 14.5 Å². The van der Waals surface area contributed by atoms with Crippen LogP contribution in [0.4, 0.5) is 9.52 Å². The fraction of sp³-hybridized carbons (Fsp3) is 0.190. The van der Waals surface area contributed by atoms with E-state index in [-0.39, 0.29) is 35.7 Å². The Hall–Kier alpha value is -2.71. The van der Waals surface area contributed by atoms with Gasteiger partial charge >= 0.3 is 5.97 Å². The van der Waals surface area contributed by atoms with Crippen molar-refractivity contribution >= 4 is 40.1 Å². The van der Waals surface area contributed by atoms with Gasteiger partial charge in [0, 0.05) is 10.9 Å². The number of nitrogens with zero attached hydrogens (tertiary/aromatic N) is 2. The molecular weight excluding hydrogens is 411 g/mol. The van der Waals surface area contributed by atoms with Crippen molar-refractivity contribution in [1.82, 2.24) is 4.98 Å². The van der Waals surface area contributed by atoms with Crippen molar-refractivity contribution in [2.45, 2.75) is 6.54 Å². The van der Waals surface area contributed by atoms with Crippen LogP contribution in [-0.4, -0.2) is 35.5 Å². The zero-order chi connectivity index (χ0) is 20.6. The molecule has 0 N–H and O–H groups in total. The molecule has 0 aliphatic heterocycles. The lowest BCUT2D eigenvalue weighted by Gasteiger charge is -2.20. The molecule has 0 aliphatic carbocycles. The van der Waals surface area contributed by atoms with Crippen LogP contribution in [0.15, 0.2) is 60.0 Å². The predicted octanol–water partition coefficient (Wildman–Crippen LogP) is 4.39. The number of rotatable bonds is 8. The van der Waals surface area contributed by atoms with Crippen LogP contribution in [0.1, 0.15) is 5.56 Å². The number of esters is 1. The first-order chi connectivity index (χ1) is 14.1. The number of ether oxygens (including phenoxy) is 1. The maximum absolute atomic E-state index is 13.2. The third-order valence-electron chi connectivity index (χ3n) is 4.02. The number of anilines is 1. The lowest BCUT2D eigenvalue weighted by atomic mass is 10.2. The molecule has 3 rings (SSSR count). The molecule has 0 radical (unpaired) electrons. The fourth-order valence-electron chi connectivity index (χ4n) is 2.52. The summed E-state index contributed by atoms with van der Waals surface area (Å²) in [5.41, 5.74) is 2.53. The highest BCUT2D eigenvalue weighted by Gasteiger charge is 2.20. The molecule has 0 fully saturated rings. The Balaban J connectivity index is 1.80. The van der Waals surface area contributed by atoms with Crippen molar-refractivity contribution in [3.63, 3.8) is 0 Å². The monoisotopic (exact) mass is 430 g/mol. The first-order valence-electron chi connectivity index (χ1n) is 8.77. The average Bonchev–Trinajstić information content (AvgIpc) is 3.23. The normalized spacial score (nSPS) is 10.6. The first-order valence-corrected chi connectivity index (χ1v) is 10.8. The highest BCUT2D eigenvalue weighted by molar-refractivity contribution is 8.00. The Kier molecular flexibility index (Phi) is 7.37. The van der Waals surface area contributed by atoms with E-state index in [1.165, 1.54) is 42.3 Å². The number of carbonyl (C=O) groups excluding carboxylic acids is 2. The van der Waals surface area contributed by atoms with E-state index < -0.39 is 0 Å². The van der Waals surface area contributed by atoms with E-state index in [4.69, 9.17) is 0 Å². The van der Waals surface area contributed by atoms with E-state index >= 15 is 0 Å². The Morgan fingerprint density at radius 2 is 1.83 bits per heavy atom. The van der Waals surface area contributed by atoms with Crippen molar-refractivity contribution in [1.29, 1.82) is 0 Å². The summed E-state index contributed by atoms with van der Waals surface area (Å²) in [5, 5.41) is 2.45. The van der Waals surface area contributed by atoms with E-state index in [9.17, 15) is 14.0 Å². The highest BCUT2D eigenvalue weighted by Crippen LogP contribution is 2.29. The van der Waals surface area contributed by atoms with E-state index in [1.807, 2.05) is 35.7 Å². The molecule has 0 saturated carbocycles. The number of aromatic nitrogens is 1. The van der Waals surface area contributed by atoms with Crippen LogP contribution in [0.5, 0.6) is 0 Å². The standard InChI is InChI=1S/C21H19FN2O3S2/c1-27-20(26)14-28-13-19(25)24(11-15-7-9-17(22)10-8-15)21-23-18(12-29-21)16-5-3-2-4-6-16/h2-10,12H,11,13-14H2,1H3. The topological polar surface area (TPSA) is 59.5 Å². The Morgan fingerprint density at radius 3 is 2.52 bits per heavy atom. The number of carbonyl (C=O) groups is 2. The van der Waals surface area contributed by atoms with Gasteiger partial charge in [0.1, 0.15) is 5.82 Å². The molecule has 1 heterocycles. The molecule has 3 aromatic rings. The lowest BCUT2D eigenvalue weighted by Crippen LogP contribution is -2.32. The molecule has 1 aromatic heterocycles. The van der Waals surface area contributed by atoms with Gasteiger partial charge in [-0.05, 0) is 17.7 Å². The molecule has 150 valence electrons. The number of hydrogen-bond acceptors (Lipinski definition) is 6. The summed E-state index contributed by atoms with van der Waals surface area (Å²) >= 11 is 2.55. The van der Waals surface area contributed by atoms with Crippen LogP contribution in [-0.2, 0) is 20.9 Å². The molecule has 0 aliphatic rings. The SMILES string of the molecule is COC(=O)CSCC(=O)N(Cc1ccc(F)cc1)c1nc(-c2ccccc2)cs1. The van der Waals surface area contributed by atoms with Crippen LogP contribution in [0, 0.1) is 5.82 Å². The van der Waals surface area contributed by atoms with E-state index in [0.29, 0.717) is 5.13 Å². The second-order valence-corrected chi connectivity index (χ2v) is 7.88. The molecule has 0 spiro atoms. The van der Waals surface area contributed by atoms with Crippen LogP contribution in [0.3, 0.4) is 0 Å². The summed E-state index contributed by atoms with van der Waals surface area (Å²) in [6, 6.07) is 15.7. The number of amides is 1. The van der Waals surface area contributed by atoms with Crippen LogP contribution in [0.25, 0.3) is 11.3 Å². The first kappa shape index (κ1) is 21.0. The molecule has 8 heteroatoms. The summed E-state index contributed by atoms with van der Waals surface area (Å²) in [6.45, 7) is 0.264. The summed E-state index contributed by atoms with van der Waals surface area (Å²) in [6.07, 6.45) is 0. The smallest absolute Gasteiger partial charge is 0.315 e. The molecule has 0 atom stereocenters. The van der Waals surface area contributed by atoms with Gasteiger partial charge in [0.25, 0.3) is 0 Å². The zero-order valence-corrected chi connectivity index (χ0v) is 17.3. The minimum Gasteiger partial charge on any atom is -0.468 e. The maximum Gasteiger partial charge on any atom is 0.315 e. The lowest BCUT2D eigenvalue weighted by molar-refractivity contribution is -0.137. The van der Waals surface area contributed by atoms with Gasteiger partial charge < -0.3 is 4.74 Å². The highest BCUT2D eigenvalue weighted by atomic mass is 32.2. The second-order valence-electron chi connectivity index (χ2n) is 6.06. The average molecular weight is 431 g/mol. The second kappa shape index (κ2) is 10.2. The summed E-state index contributed by atoms with van der Waals surface area (Å²) < 4.78 is 17.8. The quantitative estimate of drug-likeness (QED) is 0.496. The third kappa shape index (κ3) is 5.88. The van der Waals surface area contributed by atoms with Gasteiger partial charge in [-0.1, -0.05) is 42.5 Å². The molecule has 29 heavy (non-hydrogen) atoms. The van der Waals surface area contributed by atoms with Crippen LogP contribution >= 0.6 is 23.1 Å². The number of halogens is 1. The number of methoxy groups -OCH3 is 1. The summed E-state index contributed by atoms with van der Waals surface area (Å²) in [7, 11) is 1.31. The zero-order valence-electron chi connectivity index (χ0n) is 15.7. The number of benzene rings is 2. The van der Waals surface area contributed by atoms with E-state index in [0.717, 1.165) is 16.8 Å². The van der Waals surface area contributed by atoms with Crippen molar-refractivity contribution in [3.8, 4) is 11.3 Å². The number of thioether (sulfide) groups is 1. The maximum atomic E-state index is 13.2. The third-order valence-corrected chi connectivity index (χ3v) is 5.78.